The first kappa shape index (κ1) is 35.5. The molecule has 2 atom stereocenters. The van der Waals surface area contributed by atoms with E-state index in [4.69, 9.17) is 14.2 Å². The second-order valence-electron chi connectivity index (χ2n) is 14.0. The van der Waals surface area contributed by atoms with Gasteiger partial charge in [-0.05, 0) is 110 Å². The Kier molecular flexibility index (Phi) is 10.3. The van der Waals surface area contributed by atoms with Crippen molar-refractivity contribution in [3.8, 4) is 11.5 Å². The Morgan fingerprint density at radius 1 is 0.922 bits per heavy atom. The molecule has 1 aromatic heterocycles. The molecule has 3 aromatic carbocycles. The smallest absolute Gasteiger partial charge is 0.410 e. The average molecular weight is 696 g/mol. The van der Waals surface area contributed by atoms with Crippen LogP contribution in [0.1, 0.15) is 69.4 Å². The van der Waals surface area contributed by atoms with Crippen molar-refractivity contribution in [2.24, 2.45) is 7.05 Å². The Labute approximate surface area is 297 Å². The van der Waals surface area contributed by atoms with Gasteiger partial charge in [0.15, 0.2) is 0 Å². The van der Waals surface area contributed by atoms with Gasteiger partial charge in [0.1, 0.15) is 23.7 Å². The van der Waals surface area contributed by atoms with E-state index in [0.717, 1.165) is 27.9 Å². The van der Waals surface area contributed by atoms with Gasteiger partial charge >= 0.3 is 6.09 Å². The number of methoxy groups -OCH3 is 1. The van der Waals surface area contributed by atoms with Crippen LogP contribution in [0.5, 0.6) is 11.5 Å². The number of nitrogens with zero attached hydrogens (tertiary/aromatic N) is 4. The number of aliphatic hydroxyl groups is 1. The highest BCUT2D eigenvalue weighted by molar-refractivity contribution is 5.95. The molecule has 0 fully saturated rings. The molecule has 12 nitrogen and oxygen atoms in total. The standard InChI is InChI=1S/C39H45N5O7/c1-39(2,3)51-38(48)44-23-30-19-33(50-24-31-14-16-41-42(31)4)13-10-26(30)20-34(44)35(45)21-40-36(46)28-6-7-29-22-43(17-15-27(29)18-28)37(47)25-8-11-32(49-5)12-9-25/h6-14,16,18-19,34-35,45H,15,17,20-24H2,1-5H3,(H,40,46)/t34-,35+/m0/s1. The Balaban J connectivity index is 1.10. The molecule has 12 heteroatoms. The van der Waals surface area contributed by atoms with Crippen LogP contribution < -0.4 is 14.8 Å². The fourth-order valence-corrected chi connectivity index (χ4v) is 6.46. The summed E-state index contributed by atoms with van der Waals surface area (Å²) in [6.07, 6.45) is 1.10. The van der Waals surface area contributed by atoms with E-state index in [1.165, 1.54) is 4.90 Å². The molecule has 51 heavy (non-hydrogen) atoms. The van der Waals surface area contributed by atoms with Crippen molar-refractivity contribution >= 4 is 17.9 Å². The first-order valence-corrected chi connectivity index (χ1v) is 17.1. The zero-order chi connectivity index (χ0) is 36.3. The van der Waals surface area contributed by atoms with Crippen molar-refractivity contribution in [2.75, 3.05) is 20.2 Å². The van der Waals surface area contributed by atoms with Gasteiger partial charge in [-0.1, -0.05) is 12.1 Å². The number of benzene rings is 3. The zero-order valence-corrected chi connectivity index (χ0v) is 29.7. The summed E-state index contributed by atoms with van der Waals surface area (Å²) >= 11 is 0. The molecule has 0 bridgehead atoms. The number of amides is 3. The number of nitrogens with one attached hydrogen (secondary N) is 1. The van der Waals surface area contributed by atoms with Crippen molar-refractivity contribution in [3.05, 3.63) is 112 Å². The normalized spacial score (nSPS) is 16.1. The highest BCUT2D eigenvalue weighted by atomic mass is 16.6. The van der Waals surface area contributed by atoms with Gasteiger partial charge in [-0.3, -0.25) is 19.2 Å². The number of carbonyl (C=O) groups excluding carboxylic acids is 3. The lowest BCUT2D eigenvalue weighted by Gasteiger charge is -2.40. The fourth-order valence-electron chi connectivity index (χ4n) is 6.46. The number of fused-ring (bicyclic) bond motifs is 2. The second kappa shape index (κ2) is 14.9. The lowest BCUT2D eigenvalue weighted by molar-refractivity contribution is -0.0113. The molecule has 268 valence electrons. The third kappa shape index (κ3) is 8.34. The molecule has 3 heterocycles. The monoisotopic (exact) mass is 695 g/mol. The number of aromatic nitrogens is 2. The van der Waals surface area contributed by atoms with Gasteiger partial charge < -0.3 is 29.5 Å². The van der Waals surface area contributed by atoms with E-state index in [9.17, 15) is 19.5 Å². The third-order valence-corrected chi connectivity index (χ3v) is 9.31. The largest absolute Gasteiger partial charge is 0.497 e. The summed E-state index contributed by atoms with van der Waals surface area (Å²) in [5.41, 5.74) is 5.11. The summed E-state index contributed by atoms with van der Waals surface area (Å²) in [5.74, 6) is 0.964. The molecule has 0 aliphatic carbocycles. The van der Waals surface area contributed by atoms with Crippen molar-refractivity contribution in [1.29, 1.82) is 0 Å². The molecule has 0 unspecified atom stereocenters. The van der Waals surface area contributed by atoms with Gasteiger partial charge in [0, 0.05) is 50.6 Å². The van der Waals surface area contributed by atoms with E-state index < -0.39 is 23.8 Å². The van der Waals surface area contributed by atoms with Crippen LogP contribution in [0.4, 0.5) is 4.79 Å². The quantitative estimate of drug-likeness (QED) is 0.258. The Bertz CT molecular complexity index is 1900. The molecule has 0 radical (unpaired) electrons. The molecule has 2 aliphatic rings. The molecule has 0 spiro atoms. The van der Waals surface area contributed by atoms with E-state index >= 15 is 0 Å². The first-order valence-electron chi connectivity index (χ1n) is 17.1. The number of carbonyl (C=O) groups is 3. The van der Waals surface area contributed by atoms with Crippen LogP contribution in [0, 0.1) is 0 Å². The van der Waals surface area contributed by atoms with Crippen LogP contribution in [0.15, 0.2) is 72.9 Å². The van der Waals surface area contributed by atoms with Crippen molar-refractivity contribution in [1.82, 2.24) is 24.9 Å². The Morgan fingerprint density at radius 3 is 2.35 bits per heavy atom. The van der Waals surface area contributed by atoms with E-state index in [0.29, 0.717) is 55.2 Å². The molecular weight excluding hydrogens is 650 g/mol. The number of hydrogen-bond donors (Lipinski definition) is 2. The Morgan fingerprint density at radius 2 is 1.65 bits per heavy atom. The maximum absolute atomic E-state index is 13.4. The summed E-state index contributed by atoms with van der Waals surface area (Å²) in [4.78, 5) is 43.2. The fraction of sp³-hybridized carbons (Fsp3) is 0.385. The van der Waals surface area contributed by atoms with Gasteiger partial charge in [-0.15, -0.1) is 0 Å². The number of aryl methyl sites for hydroxylation is 1. The summed E-state index contributed by atoms with van der Waals surface area (Å²) in [7, 11) is 3.44. The van der Waals surface area contributed by atoms with E-state index in [1.54, 1.807) is 74.0 Å². The lowest BCUT2D eigenvalue weighted by Crippen LogP contribution is -2.54. The minimum atomic E-state index is -1.06. The van der Waals surface area contributed by atoms with Crippen molar-refractivity contribution in [2.45, 2.75) is 71.1 Å². The molecule has 2 N–H and O–H groups in total. The van der Waals surface area contributed by atoms with Crippen LogP contribution in [-0.4, -0.2) is 80.5 Å². The van der Waals surface area contributed by atoms with Crippen molar-refractivity contribution in [3.63, 3.8) is 0 Å². The van der Waals surface area contributed by atoms with Crippen LogP contribution in [0.25, 0.3) is 0 Å². The van der Waals surface area contributed by atoms with E-state index in [1.807, 2.05) is 43.4 Å². The number of hydrogen-bond acceptors (Lipinski definition) is 8. The zero-order valence-electron chi connectivity index (χ0n) is 29.7. The van der Waals surface area contributed by atoms with Gasteiger partial charge in [-0.25, -0.2) is 4.79 Å². The summed E-state index contributed by atoms with van der Waals surface area (Å²) in [6.45, 7) is 6.87. The summed E-state index contributed by atoms with van der Waals surface area (Å²) in [6, 6.07) is 19.5. The summed E-state index contributed by atoms with van der Waals surface area (Å²) < 4.78 is 18.7. The molecule has 0 saturated heterocycles. The van der Waals surface area contributed by atoms with Gasteiger partial charge in [0.2, 0.25) is 0 Å². The lowest BCUT2D eigenvalue weighted by atomic mass is 9.91. The van der Waals surface area contributed by atoms with Crippen LogP contribution in [0.2, 0.25) is 0 Å². The van der Waals surface area contributed by atoms with E-state index in [-0.39, 0.29) is 24.9 Å². The third-order valence-electron chi connectivity index (χ3n) is 9.31. The number of rotatable bonds is 9. The molecule has 2 aliphatic heterocycles. The highest BCUT2D eigenvalue weighted by Crippen LogP contribution is 2.30. The molecular formula is C39H45N5O7. The molecule has 3 amide bonds. The number of ether oxygens (including phenoxy) is 3. The predicted octanol–water partition coefficient (Wildman–Crippen LogP) is 4.66. The topological polar surface area (TPSA) is 135 Å². The van der Waals surface area contributed by atoms with Crippen LogP contribution in [0.3, 0.4) is 0 Å². The molecule has 4 aromatic rings. The van der Waals surface area contributed by atoms with Gasteiger partial charge in [0.05, 0.1) is 24.9 Å². The summed E-state index contributed by atoms with van der Waals surface area (Å²) in [5, 5.41) is 18.5. The molecule has 6 rings (SSSR count). The van der Waals surface area contributed by atoms with E-state index in [2.05, 4.69) is 10.4 Å². The minimum absolute atomic E-state index is 0.0561. The van der Waals surface area contributed by atoms with Gasteiger partial charge in [-0.2, -0.15) is 5.10 Å². The average Bonchev–Trinajstić information content (AvgIpc) is 3.54. The van der Waals surface area contributed by atoms with Crippen LogP contribution in [-0.2, 0) is 44.3 Å². The second-order valence-corrected chi connectivity index (χ2v) is 14.0. The van der Waals surface area contributed by atoms with Gasteiger partial charge in [0.25, 0.3) is 11.8 Å². The maximum atomic E-state index is 13.4. The minimum Gasteiger partial charge on any atom is -0.497 e. The number of aliphatic hydroxyl groups excluding tert-OH is 1. The maximum Gasteiger partial charge on any atom is 0.410 e. The first-order chi connectivity index (χ1) is 24.4. The molecule has 0 saturated carbocycles. The van der Waals surface area contributed by atoms with Crippen molar-refractivity contribution < 1.29 is 33.7 Å². The Hall–Kier alpha value is -5.36. The predicted molar refractivity (Wildman–Crippen MR) is 189 cm³/mol. The van der Waals surface area contributed by atoms with Crippen LogP contribution >= 0.6 is 0 Å². The highest BCUT2D eigenvalue weighted by Gasteiger charge is 2.37. The SMILES string of the molecule is COc1ccc(C(=O)N2CCc3cc(C(=O)NC[C@@H](O)[C@@H]4Cc5ccc(OCc6ccnn6C)cc5CN4C(=O)OC(C)(C)C)ccc3C2)cc1.